The summed E-state index contributed by atoms with van der Waals surface area (Å²) in [6, 6.07) is 4.42. The van der Waals surface area contributed by atoms with Crippen molar-refractivity contribution in [1.29, 1.82) is 0 Å². The summed E-state index contributed by atoms with van der Waals surface area (Å²) < 4.78 is 0. The summed E-state index contributed by atoms with van der Waals surface area (Å²) in [7, 11) is 0. The van der Waals surface area contributed by atoms with Crippen LogP contribution >= 0.6 is 23.4 Å². The molecule has 3 rings (SSSR count). The van der Waals surface area contributed by atoms with E-state index in [-0.39, 0.29) is 17.6 Å². The van der Waals surface area contributed by atoms with E-state index in [1.807, 2.05) is 0 Å². The van der Waals surface area contributed by atoms with Gasteiger partial charge in [0.15, 0.2) is 5.17 Å². The molecule has 6 nitrogen and oxygen atoms in total. The average molecular weight is 352 g/mol. The fraction of sp³-hybridized carbons (Fsp3) is 0.333. The van der Waals surface area contributed by atoms with E-state index in [1.54, 1.807) is 6.08 Å². The minimum absolute atomic E-state index is 0.0653. The summed E-state index contributed by atoms with van der Waals surface area (Å²) in [6.45, 7) is 0. The number of nitro groups is 1. The van der Waals surface area contributed by atoms with E-state index >= 15 is 0 Å². The van der Waals surface area contributed by atoms with Crippen LogP contribution in [0.4, 0.5) is 5.69 Å². The number of amidine groups is 1. The van der Waals surface area contributed by atoms with Crippen LogP contribution in [0.3, 0.4) is 0 Å². The molecule has 1 amide bonds. The van der Waals surface area contributed by atoms with Crippen molar-refractivity contribution in [3.63, 3.8) is 0 Å². The van der Waals surface area contributed by atoms with Crippen molar-refractivity contribution in [2.24, 2.45) is 4.99 Å². The maximum atomic E-state index is 12.0. The highest BCUT2D eigenvalue weighted by molar-refractivity contribution is 8.18. The van der Waals surface area contributed by atoms with Gasteiger partial charge in [-0.15, -0.1) is 0 Å². The normalized spacial score (nSPS) is 22.0. The summed E-state index contributed by atoms with van der Waals surface area (Å²) in [5, 5.41) is 14.5. The highest BCUT2D eigenvalue weighted by atomic mass is 35.5. The van der Waals surface area contributed by atoms with Crippen LogP contribution in [0.15, 0.2) is 28.1 Å². The highest BCUT2D eigenvalue weighted by Gasteiger charge is 2.26. The molecule has 0 aromatic heterocycles. The lowest BCUT2D eigenvalue weighted by molar-refractivity contribution is -0.384. The van der Waals surface area contributed by atoms with Gasteiger partial charge in [0, 0.05) is 22.7 Å². The lowest BCUT2D eigenvalue weighted by Gasteiger charge is -2.02. The molecule has 2 fully saturated rings. The zero-order valence-corrected chi connectivity index (χ0v) is 13.7. The Kier molecular flexibility index (Phi) is 4.68. The van der Waals surface area contributed by atoms with Crippen LogP contribution in [-0.2, 0) is 4.79 Å². The molecule has 0 radical (unpaired) electrons. The zero-order chi connectivity index (χ0) is 16.4. The van der Waals surface area contributed by atoms with Crippen molar-refractivity contribution >= 4 is 46.2 Å². The summed E-state index contributed by atoms with van der Waals surface area (Å²) in [5.74, 6) is -0.255. The molecule has 0 bridgehead atoms. The number of non-ortho nitro benzene ring substituents is 1. The molecular formula is C15H14ClN3O3S. The molecule has 1 saturated carbocycles. The molecular weight excluding hydrogens is 338 g/mol. The number of nitrogens with zero attached hydrogens (tertiary/aromatic N) is 2. The summed E-state index contributed by atoms with van der Waals surface area (Å²) >= 11 is 7.31. The molecule has 2 aliphatic rings. The molecule has 0 unspecified atom stereocenters. The number of amides is 1. The second-order valence-corrected chi connectivity index (χ2v) is 6.84. The number of aliphatic imine (C=N–C) groups is 1. The Morgan fingerprint density at radius 3 is 2.83 bits per heavy atom. The van der Waals surface area contributed by atoms with E-state index in [9.17, 15) is 14.9 Å². The smallest absolute Gasteiger partial charge is 0.270 e. The van der Waals surface area contributed by atoms with E-state index in [0.29, 0.717) is 20.7 Å². The topological polar surface area (TPSA) is 84.6 Å². The molecule has 1 aromatic rings. The Labute approximate surface area is 142 Å². The summed E-state index contributed by atoms with van der Waals surface area (Å²) in [6.07, 6.45) is 6.01. The second-order valence-electron chi connectivity index (χ2n) is 5.40. The van der Waals surface area contributed by atoms with Crippen LogP contribution in [0.5, 0.6) is 0 Å². The molecule has 1 N–H and O–H groups in total. The molecule has 0 spiro atoms. The average Bonchev–Trinajstić information content (AvgIpc) is 3.12. The van der Waals surface area contributed by atoms with Gasteiger partial charge in [-0.2, -0.15) is 0 Å². The molecule has 1 aliphatic heterocycles. The Bertz CT molecular complexity index is 727. The van der Waals surface area contributed by atoms with Gasteiger partial charge in [-0.25, -0.2) is 0 Å². The molecule has 0 atom stereocenters. The number of nitrogens with one attached hydrogen (secondary N) is 1. The maximum absolute atomic E-state index is 12.0. The molecule has 120 valence electrons. The van der Waals surface area contributed by atoms with Crippen molar-refractivity contribution in [3.05, 3.63) is 43.8 Å². The number of carbonyl (C=O) groups is 1. The standard InChI is InChI=1S/C15H14ClN3O3S/c16-12-6-5-11(19(21)22)7-9(12)8-13-14(20)18-15(23-13)17-10-3-1-2-4-10/h5-8,10H,1-4H2,(H,17,18,20)/b13-8+. The Hall–Kier alpha value is -1.86. The number of hydrogen-bond donors (Lipinski definition) is 1. The first-order valence-electron chi connectivity index (χ1n) is 7.25. The largest absolute Gasteiger partial charge is 0.301 e. The highest BCUT2D eigenvalue weighted by Crippen LogP contribution is 2.31. The second kappa shape index (κ2) is 6.72. The first-order chi connectivity index (χ1) is 11.0. The van der Waals surface area contributed by atoms with E-state index in [1.165, 1.54) is 42.8 Å². The molecule has 1 saturated heterocycles. The number of hydrogen-bond acceptors (Lipinski definition) is 5. The van der Waals surface area contributed by atoms with E-state index in [2.05, 4.69) is 10.3 Å². The van der Waals surface area contributed by atoms with Crippen molar-refractivity contribution in [3.8, 4) is 0 Å². The maximum Gasteiger partial charge on any atom is 0.270 e. The van der Waals surface area contributed by atoms with Gasteiger partial charge in [0.2, 0.25) is 0 Å². The molecule has 1 aliphatic carbocycles. The van der Waals surface area contributed by atoms with Gasteiger partial charge < -0.3 is 5.32 Å². The van der Waals surface area contributed by atoms with Crippen LogP contribution in [0, 0.1) is 10.1 Å². The van der Waals surface area contributed by atoms with Crippen molar-refractivity contribution in [1.82, 2.24) is 5.32 Å². The number of carbonyl (C=O) groups excluding carboxylic acids is 1. The summed E-state index contributed by atoms with van der Waals surface area (Å²) in [4.78, 5) is 27.4. The zero-order valence-electron chi connectivity index (χ0n) is 12.1. The molecule has 1 heterocycles. The number of thioether (sulfide) groups is 1. The van der Waals surface area contributed by atoms with Gasteiger partial charge in [0.05, 0.1) is 15.9 Å². The van der Waals surface area contributed by atoms with Gasteiger partial charge in [0.25, 0.3) is 11.6 Å². The van der Waals surface area contributed by atoms with Crippen LogP contribution in [0.25, 0.3) is 6.08 Å². The molecule has 1 aromatic carbocycles. The molecule has 23 heavy (non-hydrogen) atoms. The lowest BCUT2D eigenvalue weighted by atomic mass is 10.2. The van der Waals surface area contributed by atoms with Crippen molar-refractivity contribution in [2.75, 3.05) is 0 Å². The third kappa shape index (κ3) is 3.73. The van der Waals surface area contributed by atoms with Gasteiger partial charge in [-0.3, -0.25) is 19.9 Å². The molecule has 8 heteroatoms. The predicted octanol–water partition coefficient (Wildman–Crippen LogP) is 3.75. The monoisotopic (exact) mass is 351 g/mol. The Morgan fingerprint density at radius 2 is 2.13 bits per heavy atom. The van der Waals surface area contributed by atoms with Gasteiger partial charge in [0.1, 0.15) is 0 Å². The fourth-order valence-electron chi connectivity index (χ4n) is 2.58. The Balaban J connectivity index is 1.84. The Morgan fingerprint density at radius 1 is 1.39 bits per heavy atom. The van der Waals surface area contributed by atoms with E-state index in [4.69, 9.17) is 11.6 Å². The fourth-order valence-corrected chi connectivity index (χ4v) is 3.64. The summed E-state index contributed by atoms with van der Waals surface area (Å²) in [5.41, 5.74) is 0.380. The van der Waals surface area contributed by atoms with Crippen LogP contribution in [-0.4, -0.2) is 22.0 Å². The minimum atomic E-state index is -0.493. The third-order valence-electron chi connectivity index (χ3n) is 3.75. The van der Waals surface area contributed by atoms with Gasteiger partial charge >= 0.3 is 0 Å². The van der Waals surface area contributed by atoms with Crippen LogP contribution in [0.1, 0.15) is 31.2 Å². The lowest BCUT2D eigenvalue weighted by Crippen LogP contribution is -2.21. The number of rotatable bonds is 3. The van der Waals surface area contributed by atoms with Crippen LogP contribution in [0.2, 0.25) is 5.02 Å². The number of benzene rings is 1. The minimum Gasteiger partial charge on any atom is -0.301 e. The van der Waals surface area contributed by atoms with Gasteiger partial charge in [-0.1, -0.05) is 24.4 Å². The SMILES string of the molecule is O=C1NC(=NC2CCCC2)S/C1=C/c1cc([N+](=O)[O-])ccc1Cl. The first kappa shape index (κ1) is 16.0. The van der Waals surface area contributed by atoms with Crippen molar-refractivity contribution in [2.45, 2.75) is 31.7 Å². The number of nitro benzene ring substituents is 1. The third-order valence-corrected chi connectivity index (χ3v) is 5.02. The van der Waals surface area contributed by atoms with Crippen LogP contribution < -0.4 is 5.32 Å². The van der Waals surface area contributed by atoms with E-state index in [0.717, 1.165) is 12.8 Å². The number of halogens is 1. The van der Waals surface area contributed by atoms with Crippen molar-refractivity contribution < 1.29 is 9.72 Å². The quantitative estimate of drug-likeness (QED) is 0.510. The first-order valence-corrected chi connectivity index (χ1v) is 8.45. The van der Waals surface area contributed by atoms with Gasteiger partial charge in [-0.05, 0) is 36.7 Å². The van der Waals surface area contributed by atoms with E-state index < -0.39 is 4.92 Å². The predicted molar refractivity (Wildman–Crippen MR) is 91.5 cm³/mol.